The van der Waals surface area contributed by atoms with Crippen molar-refractivity contribution >= 4 is 50.7 Å². The third-order valence-corrected chi connectivity index (χ3v) is 11.4. The molecule has 0 aliphatic heterocycles. The highest BCUT2D eigenvalue weighted by Gasteiger charge is 2.51. The van der Waals surface area contributed by atoms with Gasteiger partial charge in [0.1, 0.15) is 12.6 Å². The van der Waals surface area contributed by atoms with E-state index >= 15 is 0 Å². The second kappa shape index (κ2) is 12.6. The van der Waals surface area contributed by atoms with Gasteiger partial charge in [0.25, 0.3) is 0 Å². The van der Waals surface area contributed by atoms with Crippen LogP contribution in [0.5, 0.6) is 0 Å². The molecule has 0 heterocycles. The standard InChI is InChI=1S/C33H43Cl2N3O4S/c1-5-30(32(40)36-21(2)3)37(19-25-6-9-27(34)15-29(25)35)31(39)20-38(43(4,41)42)28-10-7-26(8-11-28)33-16-22-12-23(17-33)14-24(13-22)18-33/h6-11,15,21-24,30H,5,12-14,16-20H2,1-4H3,(H,36,40)/t22?,23?,24?,30-,33?/m0/s1. The Hall–Kier alpha value is -2.29. The molecule has 0 spiro atoms. The second-order valence-electron chi connectivity index (χ2n) is 13.4. The Balaban J connectivity index is 1.42. The van der Waals surface area contributed by atoms with Gasteiger partial charge in [-0.3, -0.25) is 13.9 Å². The number of amides is 2. The molecule has 4 aliphatic rings. The lowest BCUT2D eigenvalue weighted by Crippen LogP contribution is -2.53. The average molecular weight is 649 g/mol. The van der Waals surface area contributed by atoms with Gasteiger partial charge in [0.15, 0.2) is 0 Å². The van der Waals surface area contributed by atoms with E-state index in [9.17, 15) is 18.0 Å². The zero-order valence-corrected chi connectivity index (χ0v) is 27.8. The van der Waals surface area contributed by atoms with Crippen LogP contribution in [0.1, 0.15) is 76.8 Å². The number of hydrogen-bond acceptors (Lipinski definition) is 4. The highest BCUT2D eigenvalue weighted by atomic mass is 35.5. The Labute approximate surface area is 266 Å². The fourth-order valence-electron chi connectivity index (χ4n) is 8.19. The van der Waals surface area contributed by atoms with Crippen LogP contribution in [0.3, 0.4) is 0 Å². The van der Waals surface area contributed by atoms with Crippen LogP contribution in [0.4, 0.5) is 5.69 Å². The number of rotatable bonds is 11. The highest BCUT2D eigenvalue weighted by Crippen LogP contribution is 2.60. The van der Waals surface area contributed by atoms with Crippen molar-refractivity contribution in [3.8, 4) is 0 Å². The van der Waals surface area contributed by atoms with Crippen molar-refractivity contribution in [2.75, 3.05) is 17.1 Å². The van der Waals surface area contributed by atoms with Gasteiger partial charge in [-0.05, 0) is 117 Å². The van der Waals surface area contributed by atoms with Crippen molar-refractivity contribution in [2.24, 2.45) is 17.8 Å². The minimum Gasteiger partial charge on any atom is -0.352 e. The molecule has 2 aromatic rings. The summed E-state index contributed by atoms with van der Waals surface area (Å²) in [6, 6.07) is 11.9. The summed E-state index contributed by atoms with van der Waals surface area (Å²) in [6.45, 7) is 5.12. The Morgan fingerprint density at radius 2 is 1.56 bits per heavy atom. The van der Waals surface area contributed by atoms with Crippen LogP contribution in [0.15, 0.2) is 42.5 Å². The predicted octanol–water partition coefficient (Wildman–Crippen LogP) is 6.56. The largest absolute Gasteiger partial charge is 0.352 e. The predicted molar refractivity (Wildman–Crippen MR) is 173 cm³/mol. The van der Waals surface area contributed by atoms with Gasteiger partial charge < -0.3 is 10.2 Å². The Bertz CT molecular complexity index is 1430. The first-order valence-electron chi connectivity index (χ1n) is 15.4. The summed E-state index contributed by atoms with van der Waals surface area (Å²) in [5.74, 6) is 1.61. The molecule has 2 aromatic carbocycles. The van der Waals surface area contributed by atoms with E-state index in [1.54, 1.807) is 18.2 Å². The Morgan fingerprint density at radius 3 is 2.05 bits per heavy atom. The van der Waals surface area contributed by atoms with Gasteiger partial charge in [-0.25, -0.2) is 8.42 Å². The van der Waals surface area contributed by atoms with Gasteiger partial charge in [0.05, 0.1) is 11.9 Å². The molecule has 4 fully saturated rings. The molecule has 1 atom stereocenters. The molecule has 4 bridgehead atoms. The zero-order chi connectivity index (χ0) is 31.1. The summed E-state index contributed by atoms with van der Waals surface area (Å²) in [5.41, 5.74) is 2.52. The quantitative estimate of drug-likeness (QED) is 0.299. The maximum Gasteiger partial charge on any atom is 0.244 e. The van der Waals surface area contributed by atoms with E-state index in [4.69, 9.17) is 23.2 Å². The number of carbonyl (C=O) groups is 2. The maximum absolute atomic E-state index is 14.0. The zero-order valence-electron chi connectivity index (χ0n) is 25.5. The molecule has 6 rings (SSSR count). The smallest absolute Gasteiger partial charge is 0.244 e. The third kappa shape index (κ3) is 7.02. The summed E-state index contributed by atoms with van der Waals surface area (Å²) in [7, 11) is -3.82. The van der Waals surface area contributed by atoms with E-state index in [0.29, 0.717) is 27.7 Å². The molecule has 234 valence electrons. The first kappa shape index (κ1) is 32.1. The van der Waals surface area contributed by atoms with E-state index in [-0.39, 0.29) is 23.9 Å². The summed E-state index contributed by atoms with van der Waals surface area (Å²) in [5, 5.41) is 3.72. The molecular formula is C33H43Cl2N3O4S. The van der Waals surface area contributed by atoms with Crippen LogP contribution < -0.4 is 9.62 Å². The molecule has 2 amide bonds. The lowest BCUT2D eigenvalue weighted by molar-refractivity contribution is -0.140. The molecular weight excluding hydrogens is 605 g/mol. The fourth-order valence-corrected chi connectivity index (χ4v) is 9.51. The van der Waals surface area contributed by atoms with Crippen molar-refractivity contribution in [1.29, 1.82) is 0 Å². The van der Waals surface area contributed by atoms with Crippen LogP contribution >= 0.6 is 23.2 Å². The number of halogens is 2. The third-order valence-electron chi connectivity index (χ3n) is 9.66. The van der Waals surface area contributed by atoms with Gasteiger partial charge in [0.2, 0.25) is 21.8 Å². The van der Waals surface area contributed by atoms with Crippen LogP contribution in [0.25, 0.3) is 0 Å². The molecule has 43 heavy (non-hydrogen) atoms. The van der Waals surface area contributed by atoms with Gasteiger partial charge >= 0.3 is 0 Å². The molecule has 7 nitrogen and oxygen atoms in total. The molecule has 10 heteroatoms. The first-order valence-corrected chi connectivity index (χ1v) is 18.0. The minimum atomic E-state index is -3.82. The molecule has 0 unspecified atom stereocenters. The monoisotopic (exact) mass is 647 g/mol. The van der Waals surface area contributed by atoms with Crippen molar-refractivity contribution in [3.63, 3.8) is 0 Å². The van der Waals surface area contributed by atoms with E-state index in [2.05, 4.69) is 17.4 Å². The van der Waals surface area contributed by atoms with Gasteiger partial charge in [-0.15, -0.1) is 0 Å². The number of nitrogens with one attached hydrogen (secondary N) is 1. The SMILES string of the molecule is CC[C@@H](C(=O)NC(C)C)N(Cc1ccc(Cl)cc1Cl)C(=O)CN(c1ccc(C23CC4CC(CC(C4)C2)C3)cc1)S(C)(=O)=O. The minimum absolute atomic E-state index is 0.0292. The molecule has 4 aliphatic carbocycles. The fraction of sp³-hybridized carbons (Fsp3) is 0.576. The average Bonchev–Trinajstić information content (AvgIpc) is 2.91. The van der Waals surface area contributed by atoms with Crippen LogP contribution in [-0.2, 0) is 31.6 Å². The topological polar surface area (TPSA) is 86.8 Å². The van der Waals surface area contributed by atoms with E-state index in [1.807, 2.05) is 32.9 Å². The number of hydrogen-bond donors (Lipinski definition) is 1. The van der Waals surface area contributed by atoms with E-state index in [1.165, 1.54) is 49.0 Å². The van der Waals surface area contributed by atoms with Crippen molar-refractivity contribution in [2.45, 2.75) is 89.8 Å². The highest BCUT2D eigenvalue weighted by molar-refractivity contribution is 7.92. The van der Waals surface area contributed by atoms with Crippen LogP contribution in [0, 0.1) is 17.8 Å². The van der Waals surface area contributed by atoms with Gasteiger partial charge in [-0.1, -0.05) is 48.3 Å². The van der Waals surface area contributed by atoms with Crippen molar-refractivity contribution in [1.82, 2.24) is 10.2 Å². The molecule has 4 saturated carbocycles. The lowest BCUT2D eigenvalue weighted by Gasteiger charge is -2.57. The maximum atomic E-state index is 14.0. The number of anilines is 1. The summed E-state index contributed by atoms with van der Waals surface area (Å²) in [4.78, 5) is 28.7. The molecule has 0 saturated heterocycles. The second-order valence-corrected chi connectivity index (χ2v) is 16.1. The van der Waals surface area contributed by atoms with E-state index < -0.39 is 28.5 Å². The summed E-state index contributed by atoms with van der Waals surface area (Å²) in [6.07, 6.45) is 9.15. The van der Waals surface area contributed by atoms with Crippen molar-refractivity contribution < 1.29 is 18.0 Å². The lowest BCUT2D eigenvalue weighted by atomic mass is 9.48. The molecule has 0 radical (unpaired) electrons. The van der Waals surface area contributed by atoms with Gasteiger partial charge in [-0.2, -0.15) is 0 Å². The molecule has 1 N–H and O–H groups in total. The Kier molecular flexibility index (Phi) is 9.41. The summed E-state index contributed by atoms with van der Waals surface area (Å²) >= 11 is 12.6. The van der Waals surface area contributed by atoms with Gasteiger partial charge in [0, 0.05) is 22.6 Å². The number of benzene rings is 2. The Morgan fingerprint density at radius 1 is 0.977 bits per heavy atom. The van der Waals surface area contributed by atoms with E-state index in [0.717, 1.165) is 28.3 Å². The van der Waals surface area contributed by atoms with Crippen LogP contribution in [-0.4, -0.2) is 50.0 Å². The number of nitrogens with zero attached hydrogens (tertiary/aromatic N) is 2. The normalized spacial score (nSPS) is 25.0. The molecule has 0 aromatic heterocycles. The summed E-state index contributed by atoms with van der Waals surface area (Å²) < 4.78 is 27.4. The number of carbonyl (C=O) groups excluding carboxylic acids is 2. The first-order chi connectivity index (χ1) is 20.3. The number of sulfonamides is 1. The van der Waals surface area contributed by atoms with Crippen molar-refractivity contribution in [3.05, 3.63) is 63.6 Å². The van der Waals surface area contributed by atoms with Crippen LogP contribution in [0.2, 0.25) is 10.0 Å².